The van der Waals surface area contributed by atoms with Gasteiger partial charge in [0.2, 0.25) is 0 Å². The third kappa shape index (κ3) is 2.98. The molecule has 2 rings (SSSR count). The Kier molecular flexibility index (Phi) is 4.29. The van der Waals surface area contributed by atoms with E-state index in [9.17, 15) is 0 Å². The molecule has 0 aromatic carbocycles. The van der Waals surface area contributed by atoms with Crippen LogP contribution in [0.15, 0.2) is 0 Å². The molecular weight excluding hydrogens is 236 g/mol. The standard InChI is InChI=1S/C16H32N2O/c1-12-8-15(3,4)10-16(9-12,11-17)18(5)14-6-7-19-13(14)2/h12-14H,6-11,17H2,1-5H3. The zero-order chi connectivity index (χ0) is 14.3. The van der Waals surface area contributed by atoms with Gasteiger partial charge in [-0.3, -0.25) is 4.90 Å². The van der Waals surface area contributed by atoms with Crippen LogP contribution in [0.2, 0.25) is 0 Å². The van der Waals surface area contributed by atoms with E-state index in [-0.39, 0.29) is 5.54 Å². The van der Waals surface area contributed by atoms with E-state index >= 15 is 0 Å². The molecule has 4 atom stereocenters. The van der Waals surface area contributed by atoms with Crippen LogP contribution >= 0.6 is 0 Å². The Morgan fingerprint density at radius 3 is 2.42 bits per heavy atom. The summed E-state index contributed by atoms with van der Waals surface area (Å²) in [5, 5.41) is 0. The van der Waals surface area contributed by atoms with Crippen LogP contribution in [0.25, 0.3) is 0 Å². The summed E-state index contributed by atoms with van der Waals surface area (Å²) in [6.07, 6.45) is 5.24. The first-order chi connectivity index (χ1) is 8.80. The molecule has 0 spiro atoms. The second kappa shape index (κ2) is 5.34. The van der Waals surface area contributed by atoms with E-state index in [0.717, 1.165) is 25.5 Å². The summed E-state index contributed by atoms with van der Waals surface area (Å²) >= 11 is 0. The topological polar surface area (TPSA) is 38.5 Å². The minimum atomic E-state index is 0.161. The molecule has 2 fully saturated rings. The lowest BCUT2D eigenvalue weighted by atomic mass is 9.63. The van der Waals surface area contributed by atoms with Gasteiger partial charge in [-0.2, -0.15) is 0 Å². The summed E-state index contributed by atoms with van der Waals surface area (Å²) in [5.41, 5.74) is 6.81. The van der Waals surface area contributed by atoms with Crippen LogP contribution in [-0.2, 0) is 4.74 Å². The minimum absolute atomic E-state index is 0.161. The number of hydrogen-bond donors (Lipinski definition) is 1. The predicted octanol–water partition coefficient (Wildman–Crippen LogP) is 2.64. The van der Waals surface area contributed by atoms with Gasteiger partial charge in [-0.1, -0.05) is 20.8 Å². The van der Waals surface area contributed by atoms with Crippen LogP contribution in [0.4, 0.5) is 0 Å². The third-order valence-electron chi connectivity index (χ3n) is 5.40. The number of nitrogens with two attached hydrogens (primary N) is 1. The zero-order valence-electron chi connectivity index (χ0n) is 13.4. The summed E-state index contributed by atoms with van der Waals surface area (Å²) < 4.78 is 5.76. The maximum absolute atomic E-state index is 6.25. The van der Waals surface area contributed by atoms with Crippen LogP contribution in [0.3, 0.4) is 0 Å². The van der Waals surface area contributed by atoms with E-state index in [4.69, 9.17) is 10.5 Å². The number of likely N-dealkylation sites (N-methyl/N-ethyl adjacent to an activating group) is 1. The molecule has 1 saturated carbocycles. The van der Waals surface area contributed by atoms with Crippen molar-refractivity contribution < 1.29 is 4.74 Å². The summed E-state index contributed by atoms with van der Waals surface area (Å²) in [4.78, 5) is 2.57. The van der Waals surface area contributed by atoms with Gasteiger partial charge in [-0.15, -0.1) is 0 Å². The van der Waals surface area contributed by atoms with Crippen LogP contribution in [-0.4, -0.2) is 42.8 Å². The van der Waals surface area contributed by atoms with E-state index in [1.165, 1.54) is 19.3 Å². The van der Waals surface area contributed by atoms with Crippen LogP contribution in [0, 0.1) is 11.3 Å². The molecular formula is C16H32N2O. The van der Waals surface area contributed by atoms with Crippen LogP contribution < -0.4 is 5.73 Å². The Morgan fingerprint density at radius 2 is 1.95 bits per heavy atom. The van der Waals surface area contributed by atoms with Gasteiger partial charge >= 0.3 is 0 Å². The fourth-order valence-electron chi connectivity index (χ4n) is 4.85. The Hall–Kier alpha value is -0.120. The second-order valence-electron chi connectivity index (χ2n) is 7.83. The van der Waals surface area contributed by atoms with Crippen molar-refractivity contribution in [1.82, 2.24) is 4.90 Å². The molecule has 2 N–H and O–H groups in total. The van der Waals surface area contributed by atoms with Gasteiger partial charge in [0, 0.05) is 24.7 Å². The van der Waals surface area contributed by atoms with Crippen LogP contribution in [0.1, 0.15) is 53.4 Å². The predicted molar refractivity (Wildman–Crippen MR) is 80.2 cm³/mol. The smallest absolute Gasteiger partial charge is 0.0703 e. The molecule has 1 heterocycles. The first-order valence-corrected chi connectivity index (χ1v) is 7.84. The molecule has 0 amide bonds. The molecule has 3 heteroatoms. The molecule has 19 heavy (non-hydrogen) atoms. The molecule has 2 aliphatic rings. The van der Waals surface area contributed by atoms with E-state index in [1.807, 2.05) is 0 Å². The van der Waals surface area contributed by atoms with E-state index in [1.54, 1.807) is 0 Å². The van der Waals surface area contributed by atoms with Crippen molar-refractivity contribution in [3.8, 4) is 0 Å². The lowest BCUT2D eigenvalue weighted by Crippen LogP contribution is -2.61. The molecule has 1 saturated heterocycles. The molecule has 0 radical (unpaired) electrons. The van der Waals surface area contributed by atoms with Gasteiger partial charge in [0.25, 0.3) is 0 Å². The highest BCUT2D eigenvalue weighted by molar-refractivity contribution is 5.03. The maximum Gasteiger partial charge on any atom is 0.0703 e. The number of hydrogen-bond acceptors (Lipinski definition) is 3. The van der Waals surface area contributed by atoms with Gasteiger partial charge in [-0.25, -0.2) is 0 Å². The van der Waals surface area contributed by atoms with Crippen LogP contribution in [0.5, 0.6) is 0 Å². The SMILES string of the molecule is CC1CC(C)(C)CC(CN)(N(C)C2CCOC2C)C1. The quantitative estimate of drug-likeness (QED) is 0.855. The zero-order valence-corrected chi connectivity index (χ0v) is 13.4. The lowest BCUT2D eigenvalue weighted by molar-refractivity contribution is -0.0355. The van der Waals surface area contributed by atoms with E-state index < -0.39 is 0 Å². The van der Waals surface area contributed by atoms with Crippen molar-refractivity contribution in [2.45, 2.75) is 71.1 Å². The van der Waals surface area contributed by atoms with Gasteiger partial charge in [0.1, 0.15) is 0 Å². The third-order valence-corrected chi connectivity index (χ3v) is 5.40. The number of nitrogens with zero attached hydrogens (tertiary/aromatic N) is 1. The van der Waals surface area contributed by atoms with Gasteiger partial charge in [0.15, 0.2) is 0 Å². The molecule has 0 aromatic heterocycles. The van der Waals surface area contributed by atoms with Crippen molar-refractivity contribution in [3.05, 3.63) is 0 Å². The molecule has 1 aliphatic heterocycles. The average molecular weight is 268 g/mol. The number of ether oxygens (including phenoxy) is 1. The molecule has 3 nitrogen and oxygen atoms in total. The van der Waals surface area contributed by atoms with Crippen molar-refractivity contribution >= 4 is 0 Å². The Morgan fingerprint density at radius 1 is 1.26 bits per heavy atom. The van der Waals surface area contributed by atoms with E-state index in [0.29, 0.717) is 17.6 Å². The normalized spacial score (nSPS) is 42.8. The Labute approximate surface area is 118 Å². The monoisotopic (exact) mass is 268 g/mol. The largest absolute Gasteiger partial charge is 0.377 e. The van der Waals surface area contributed by atoms with Crippen molar-refractivity contribution in [2.75, 3.05) is 20.2 Å². The highest BCUT2D eigenvalue weighted by atomic mass is 16.5. The number of rotatable bonds is 3. The fraction of sp³-hybridized carbons (Fsp3) is 1.00. The Bertz CT molecular complexity index is 318. The summed E-state index contributed by atoms with van der Waals surface area (Å²) in [6, 6.07) is 0.532. The maximum atomic E-state index is 6.25. The Balaban J connectivity index is 2.21. The fourth-order valence-corrected chi connectivity index (χ4v) is 4.85. The molecule has 4 unspecified atom stereocenters. The van der Waals surface area contributed by atoms with Gasteiger partial charge < -0.3 is 10.5 Å². The van der Waals surface area contributed by atoms with E-state index in [2.05, 4.69) is 39.6 Å². The summed E-state index contributed by atoms with van der Waals surface area (Å²) in [7, 11) is 2.27. The summed E-state index contributed by atoms with van der Waals surface area (Å²) in [5.74, 6) is 0.757. The molecule has 1 aliphatic carbocycles. The van der Waals surface area contributed by atoms with Gasteiger partial charge in [-0.05, 0) is 51.0 Å². The molecule has 112 valence electrons. The molecule has 0 bridgehead atoms. The highest BCUT2D eigenvalue weighted by Crippen LogP contribution is 2.47. The highest BCUT2D eigenvalue weighted by Gasteiger charge is 2.47. The van der Waals surface area contributed by atoms with Gasteiger partial charge in [0.05, 0.1) is 6.10 Å². The minimum Gasteiger partial charge on any atom is -0.377 e. The average Bonchev–Trinajstić information content (AvgIpc) is 2.71. The second-order valence-corrected chi connectivity index (χ2v) is 7.83. The lowest BCUT2D eigenvalue weighted by Gasteiger charge is -2.54. The molecule has 0 aromatic rings. The van der Waals surface area contributed by atoms with Crippen molar-refractivity contribution in [1.29, 1.82) is 0 Å². The first kappa shape index (κ1) is 15.3. The first-order valence-electron chi connectivity index (χ1n) is 7.84. The van der Waals surface area contributed by atoms with Crippen molar-refractivity contribution in [3.63, 3.8) is 0 Å². The van der Waals surface area contributed by atoms with Crippen molar-refractivity contribution in [2.24, 2.45) is 17.1 Å². The summed E-state index contributed by atoms with van der Waals surface area (Å²) in [6.45, 7) is 11.0.